The Morgan fingerprint density at radius 1 is 1.70 bits per heavy atom. The molecule has 56 valence electrons. The van der Waals surface area contributed by atoms with Gasteiger partial charge < -0.3 is 14.8 Å². The maximum Gasteiger partial charge on any atom is 0.452 e. The molecule has 0 radical (unpaired) electrons. The molecule has 1 fully saturated rings. The fourth-order valence-electron chi connectivity index (χ4n) is 1.01. The minimum absolute atomic E-state index is 0.0961. The predicted octanol–water partition coefficient (Wildman–Crippen LogP) is -0.978. The Bertz CT molecular complexity index is 136. The van der Waals surface area contributed by atoms with Crippen LogP contribution in [0.25, 0.3) is 0 Å². The molecule has 0 bridgehead atoms. The second kappa shape index (κ2) is 3.03. The van der Waals surface area contributed by atoms with Crippen LogP contribution in [0.1, 0.15) is 6.42 Å². The molecule has 1 rings (SSSR count). The molecule has 5 heteroatoms. The molecule has 1 aliphatic heterocycles. The summed E-state index contributed by atoms with van der Waals surface area (Å²) in [5.41, 5.74) is 0. The predicted molar refractivity (Wildman–Crippen MR) is 34.1 cm³/mol. The monoisotopic (exact) mass is 144 g/mol. The highest BCUT2D eigenvalue weighted by Crippen LogP contribution is 2.18. The normalized spacial score (nSPS) is 24.6. The van der Waals surface area contributed by atoms with Crippen LogP contribution in [0.3, 0.4) is 0 Å². The van der Waals surface area contributed by atoms with Gasteiger partial charge in [-0.05, 0) is 12.7 Å². The first-order valence-corrected chi connectivity index (χ1v) is 3.23. The van der Waals surface area contributed by atoms with Crippen LogP contribution in [0.15, 0.2) is 0 Å². The lowest BCUT2D eigenvalue weighted by Crippen LogP contribution is -2.19. The van der Waals surface area contributed by atoms with E-state index in [0.29, 0.717) is 13.0 Å². The maximum atomic E-state index is 10.7. The minimum atomic E-state index is -1.39. The summed E-state index contributed by atoms with van der Waals surface area (Å²) < 4.78 is 4.61. The van der Waals surface area contributed by atoms with Crippen LogP contribution in [0.4, 0.5) is 0 Å². The van der Waals surface area contributed by atoms with Gasteiger partial charge in [0.25, 0.3) is 0 Å². The Kier molecular flexibility index (Phi) is 2.29. The molecule has 0 spiro atoms. The highest BCUT2D eigenvalue weighted by Gasteiger charge is 2.29. The summed E-state index contributed by atoms with van der Waals surface area (Å²) in [6.45, 7) is 0.413. The fraction of sp³-hybridized carbons (Fsp3) is 0.800. The van der Waals surface area contributed by atoms with Gasteiger partial charge in [0, 0.05) is 0 Å². The molecule has 0 saturated carbocycles. The molecular weight excluding hydrogens is 135 g/mol. The number of ether oxygens (including phenoxy) is 1. The fourth-order valence-corrected chi connectivity index (χ4v) is 1.01. The largest absolute Gasteiger partial charge is 0.465 e. The third kappa shape index (κ3) is 1.72. The Morgan fingerprint density at radius 2 is 2.40 bits per heavy atom. The van der Waals surface area contributed by atoms with Gasteiger partial charge in [0.2, 0.25) is 0 Å². The van der Waals surface area contributed by atoms with Crippen molar-refractivity contribution in [2.24, 2.45) is 5.92 Å². The van der Waals surface area contributed by atoms with E-state index in [9.17, 15) is 4.79 Å². The van der Waals surface area contributed by atoms with E-state index in [0.717, 1.165) is 0 Å². The maximum absolute atomic E-state index is 10.7. The number of hydrogen-bond acceptors (Lipinski definition) is 4. The van der Waals surface area contributed by atoms with Crippen molar-refractivity contribution in [2.75, 3.05) is 6.61 Å². The van der Waals surface area contributed by atoms with Gasteiger partial charge in [-0.15, -0.1) is 0 Å². The summed E-state index contributed by atoms with van der Waals surface area (Å²) >= 11 is 0. The summed E-state index contributed by atoms with van der Waals surface area (Å²) in [6, 6.07) is 0. The van der Waals surface area contributed by atoms with Crippen LogP contribution < -0.4 is 0 Å². The lowest BCUT2D eigenvalue weighted by atomic mass is 9.78. The second-order valence-electron chi connectivity index (χ2n) is 2.37. The van der Waals surface area contributed by atoms with E-state index in [1.807, 2.05) is 0 Å². The van der Waals surface area contributed by atoms with E-state index in [1.165, 1.54) is 0 Å². The second-order valence-corrected chi connectivity index (χ2v) is 2.37. The molecule has 1 aliphatic rings. The molecule has 0 amide bonds. The summed E-state index contributed by atoms with van der Waals surface area (Å²) in [4.78, 5) is 10.7. The lowest BCUT2D eigenvalue weighted by Gasteiger charge is -2.01. The van der Waals surface area contributed by atoms with Crippen LogP contribution in [0.2, 0.25) is 6.32 Å². The molecular formula is C5H9BO4. The molecule has 4 nitrogen and oxygen atoms in total. The van der Waals surface area contributed by atoms with Crippen molar-refractivity contribution in [1.82, 2.24) is 0 Å². The molecule has 1 unspecified atom stereocenters. The zero-order valence-corrected chi connectivity index (χ0v) is 5.49. The quantitative estimate of drug-likeness (QED) is 0.386. The zero-order chi connectivity index (χ0) is 7.56. The van der Waals surface area contributed by atoms with Crippen molar-refractivity contribution in [3.05, 3.63) is 0 Å². The highest BCUT2D eigenvalue weighted by molar-refractivity contribution is 6.41. The van der Waals surface area contributed by atoms with Crippen LogP contribution >= 0.6 is 0 Å². The van der Waals surface area contributed by atoms with Crippen LogP contribution in [0, 0.1) is 5.92 Å². The minimum Gasteiger partial charge on any atom is -0.465 e. The van der Waals surface area contributed by atoms with Gasteiger partial charge in [0.05, 0.1) is 12.5 Å². The van der Waals surface area contributed by atoms with Crippen molar-refractivity contribution >= 4 is 13.1 Å². The molecule has 0 aromatic rings. The first-order valence-electron chi connectivity index (χ1n) is 3.23. The summed E-state index contributed by atoms with van der Waals surface area (Å²) in [5.74, 6) is -0.617. The zero-order valence-electron chi connectivity index (χ0n) is 5.49. The molecule has 0 aromatic carbocycles. The topological polar surface area (TPSA) is 66.8 Å². The molecule has 2 N–H and O–H groups in total. The van der Waals surface area contributed by atoms with Crippen molar-refractivity contribution in [3.63, 3.8) is 0 Å². The van der Waals surface area contributed by atoms with E-state index in [1.54, 1.807) is 0 Å². The van der Waals surface area contributed by atoms with Gasteiger partial charge in [-0.2, -0.15) is 0 Å². The van der Waals surface area contributed by atoms with Crippen molar-refractivity contribution in [1.29, 1.82) is 0 Å². The number of carbonyl (C=O) groups is 1. The summed E-state index contributed by atoms with van der Waals surface area (Å²) in [5, 5.41) is 17.0. The van der Waals surface area contributed by atoms with E-state index in [-0.39, 0.29) is 18.2 Å². The van der Waals surface area contributed by atoms with Gasteiger partial charge >= 0.3 is 13.1 Å². The number of rotatable bonds is 2. The van der Waals surface area contributed by atoms with Crippen molar-refractivity contribution in [3.8, 4) is 0 Å². The third-order valence-corrected chi connectivity index (χ3v) is 1.54. The van der Waals surface area contributed by atoms with E-state index in [4.69, 9.17) is 10.0 Å². The van der Waals surface area contributed by atoms with E-state index >= 15 is 0 Å². The van der Waals surface area contributed by atoms with E-state index in [2.05, 4.69) is 4.74 Å². The first-order chi connectivity index (χ1) is 4.70. The standard InChI is InChI=1S/C5H9BO4/c7-5-4(1-2-10-5)3-6(8)9/h4,8-9H,1-3H2. The Morgan fingerprint density at radius 3 is 2.80 bits per heavy atom. The lowest BCUT2D eigenvalue weighted by molar-refractivity contribution is -0.140. The number of carbonyl (C=O) groups excluding carboxylic acids is 1. The number of esters is 1. The highest BCUT2D eigenvalue weighted by atomic mass is 16.5. The number of hydrogen-bond donors (Lipinski definition) is 2. The van der Waals surface area contributed by atoms with Crippen LogP contribution in [-0.2, 0) is 9.53 Å². The smallest absolute Gasteiger partial charge is 0.452 e. The SMILES string of the molecule is O=C1OCCC1CB(O)O. The molecule has 0 aliphatic carbocycles. The van der Waals surface area contributed by atoms with Crippen molar-refractivity contribution in [2.45, 2.75) is 12.7 Å². The van der Waals surface area contributed by atoms with Crippen molar-refractivity contribution < 1.29 is 19.6 Å². The van der Waals surface area contributed by atoms with Gasteiger partial charge in [0.15, 0.2) is 0 Å². The van der Waals surface area contributed by atoms with Gasteiger partial charge in [-0.3, -0.25) is 4.79 Å². The third-order valence-electron chi connectivity index (χ3n) is 1.54. The van der Waals surface area contributed by atoms with Gasteiger partial charge in [-0.25, -0.2) is 0 Å². The average molecular weight is 144 g/mol. The molecule has 10 heavy (non-hydrogen) atoms. The van der Waals surface area contributed by atoms with Crippen LogP contribution in [0.5, 0.6) is 0 Å². The Labute approximate surface area is 58.9 Å². The Hall–Kier alpha value is -0.545. The molecule has 1 atom stereocenters. The first kappa shape index (κ1) is 7.56. The molecule has 1 saturated heterocycles. The van der Waals surface area contributed by atoms with Gasteiger partial charge in [0.1, 0.15) is 0 Å². The summed E-state index contributed by atoms with van der Waals surface area (Å²) in [6.07, 6.45) is 0.704. The molecule has 0 aromatic heterocycles. The number of cyclic esters (lactones) is 1. The average Bonchev–Trinajstić information content (AvgIpc) is 2.15. The van der Waals surface area contributed by atoms with Crippen LogP contribution in [-0.4, -0.2) is 29.7 Å². The molecule has 1 heterocycles. The summed E-state index contributed by atoms with van der Waals surface area (Å²) in [7, 11) is -1.39. The Balaban J connectivity index is 2.33. The van der Waals surface area contributed by atoms with Gasteiger partial charge in [-0.1, -0.05) is 0 Å². The van der Waals surface area contributed by atoms with E-state index < -0.39 is 7.12 Å².